The predicted molar refractivity (Wildman–Crippen MR) is 75.7 cm³/mol. The smallest absolute Gasteiger partial charge is 0.387 e. The van der Waals surface area contributed by atoms with Gasteiger partial charge in [0.05, 0.1) is 0 Å². The van der Waals surface area contributed by atoms with Gasteiger partial charge in [0, 0.05) is 29.7 Å². The maximum atomic E-state index is 12.3. The van der Waals surface area contributed by atoms with Crippen molar-refractivity contribution >= 4 is 15.9 Å². The predicted octanol–water partition coefficient (Wildman–Crippen LogP) is 3.04. The number of benzene rings is 1. The zero-order valence-electron chi connectivity index (χ0n) is 11.4. The van der Waals surface area contributed by atoms with Crippen LogP contribution in [0.2, 0.25) is 0 Å². The molecule has 0 aliphatic rings. The van der Waals surface area contributed by atoms with Crippen LogP contribution in [0.4, 0.5) is 8.78 Å². The van der Waals surface area contributed by atoms with Crippen LogP contribution in [0, 0.1) is 0 Å². The first-order chi connectivity index (χ1) is 8.88. The number of likely N-dealkylation sites (N-methyl/N-ethyl adjacent to an activating group) is 2. The number of nitrogens with zero attached hydrogens (tertiary/aromatic N) is 2. The van der Waals surface area contributed by atoms with Crippen molar-refractivity contribution in [1.82, 2.24) is 9.80 Å². The second-order valence-electron chi connectivity index (χ2n) is 4.67. The van der Waals surface area contributed by atoms with Crippen molar-refractivity contribution in [3.05, 3.63) is 28.2 Å². The average molecular weight is 337 g/mol. The molecular weight excluding hydrogens is 318 g/mol. The first kappa shape index (κ1) is 16.3. The summed E-state index contributed by atoms with van der Waals surface area (Å²) in [5.41, 5.74) is 0.746. The van der Waals surface area contributed by atoms with Gasteiger partial charge in [0.15, 0.2) is 0 Å². The van der Waals surface area contributed by atoms with Crippen molar-refractivity contribution in [1.29, 1.82) is 0 Å². The molecule has 0 heterocycles. The van der Waals surface area contributed by atoms with Gasteiger partial charge in [0.2, 0.25) is 0 Å². The van der Waals surface area contributed by atoms with Gasteiger partial charge in [0.1, 0.15) is 5.75 Å². The van der Waals surface area contributed by atoms with E-state index in [1.165, 1.54) is 0 Å². The third-order valence-corrected chi connectivity index (χ3v) is 3.10. The van der Waals surface area contributed by atoms with Gasteiger partial charge in [0.25, 0.3) is 0 Å². The normalized spacial score (nSPS) is 11.6. The fourth-order valence-corrected chi connectivity index (χ4v) is 2.03. The van der Waals surface area contributed by atoms with Crippen LogP contribution in [0.15, 0.2) is 22.7 Å². The topological polar surface area (TPSA) is 15.7 Å². The zero-order valence-corrected chi connectivity index (χ0v) is 13.0. The SMILES string of the molecule is CN(C)CCN(C)Cc1cc(Br)ccc1OC(F)F. The molecule has 0 atom stereocenters. The lowest BCUT2D eigenvalue weighted by Crippen LogP contribution is -2.28. The summed E-state index contributed by atoms with van der Waals surface area (Å²) in [6, 6.07) is 5.07. The Balaban J connectivity index is 2.71. The van der Waals surface area contributed by atoms with Crippen LogP contribution in [-0.4, -0.2) is 50.6 Å². The number of rotatable bonds is 7. The summed E-state index contributed by atoms with van der Waals surface area (Å²) in [6.07, 6.45) is 0. The van der Waals surface area contributed by atoms with Crippen molar-refractivity contribution in [3.63, 3.8) is 0 Å². The van der Waals surface area contributed by atoms with E-state index in [-0.39, 0.29) is 5.75 Å². The van der Waals surface area contributed by atoms with E-state index in [1.807, 2.05) is 27.2 Å². The number of halogens is 3. The Hall–Kier alpha value is -0.720. The summed E-state index contributed by atoms with van der Waals surface area (Å²) in [6.45, 7) is -0.467. The molecule has 6 heteroatoms. The molecule has 3 nitrogen and oxygen atoms in total. The third-order valence-electron chi connectivity index (χ3n) is 2.61. The Kier molecular flexibility index (Phi) is 6.68. The lowest BCUT2D eigenvalue weighted by Gasteiger charge is -2.21. The molecule has 19 heavy (non-hydrogen) atoms. The minimum Gasteiger partial charge on any atom is -0.434 e. The number of hydrogen-bond donors (Lipinski definition) is 0. The van der Waals surface area contributed by atoms with Gasteiger partial charge in [-0.05, 0) is 39.3 Å². The molecular formula is C13H19BrF2N2O. The zero-order chi connectivity index (χ0) is 14.4. The van der Waals surface area contributed by atoms with Crippen LogP contribution >= 0.6 is 15.9 Å². The Morgan fingerprint density at radius 1 is 1.21 bits per heavy atom. The maximum Gasteiger partial charge on any atom is 0.387 e. The standard InChI is InChI=1S/C13H19BrF2N2O/c1-17(2)6-7-18(3)9-10-8-11(14)4-5-12(10)19-13(15)16/h4-5,8,13H,6-7,9H2,1-3H3. The second-order valence-corrected chi connectivity index (χ2v) is 5.59. The van der Waals surface area contributed by atoms with Gasteiger partial charge in [-0.3, -0.25) is 0 Å². The largest absolute Gasteiger partial charge is 0.434 e. The van der Waals surface area contributed by atoms with Gasteiger partial charge in [-0.1, -0.05) is 15.9 Å². The molecule has 0 N–H and O–H groups in total. The third kappa shape index (κ3) is 6.31. The van der Waals surface area contributed by atoms with E-state index < -0.39 is 6.61 Å². The van der Waals surface area contributed by atoms with Crippen LogP contribution in [0.1, 0.15) is 5.56 Å². The highest BCUT2D eigenvalue weighted by molar-refractivity contribution is 9.10. The van der Waals surface area contributed by atoms with E-state index in [0.29, 0.717) is 6.54 Å². The first-order valence-electron chi connectivity index (χ1n) is 5.95. The molecule has 1 rings (SSSR count). The fraction of sp³-hybridized carbons (Fsp3) is 0.538. The lowest BCUT2D eigenvalue weighted by atomic mass is 10.2. The highest BCUT2D eigenvalue weighted by atomic mass is 79.9. The van der Waals surface area contributed by atoms with Gasteiger partial charge >= 0.3 is 6.61 Å². The van der Waals surface area contributed by atoms with Gasteiger partial charge < -0.3 is 14.5 Å². The Labute approximate surface area is 121 Å². The summed E-state index contributed by atoms with van der Waals surface area (Å²) in [4.78, 5) is 4.15. The lowest BCUT2D eigenvalue weighted by molar-refractivity contribution is -0.0507. The maximum absolute atomic E-state index is 12.3. The molecule has 0 aromatic heterocycles. The van der Waals surface area contributed by atoms with Crippen molar-refractivity contribution < 1.29 is 13.5 Å². The second kappa shape index (κ2) is 7.77. The Bertz CT molecular complexity index is 402. The Morgan fingerprint density at radius 3 is 2.47 bits per heavy atom. The minimum absolute atomic E-state index is 0.231. The van der Waals surface area contributed by atoms with Crippen LogP contribution in [-0.2, 0) is 6.54 Å². The van der Waals surface area contributed by atoms with E-state index in [1.54, 1.807) is 12.1 Å². The average Bonchev–Trinajstić information content (AvgIpc) is 2.29. The molecule has 0 saturated heterocycles. The molecule has 0 aliphatic carbocycles. The van der Waals surface area contributed by atoms with Crippen molar-refractivity contribution in [3.8, 4) is 5.75 Å². The molecule has 0 aliphatic heterocycles. The van der Waals surface area contributed by atoms with E-state index in [4.69, 9.17) is 0 Å². The van der Waals surface area contributed by atoms with Gasteiger partial charge in [-0.15, -0.1) is 0 Å². The van der Waals surface area contributed by atoms with Crippen molar-refractivity contribution in [2.24, 2.45) is 0 Å². The highest BCUT2D eigenvalue weighted by Gasteiger charge is 2.12. The molecule has 0 bridgehead atoms. The summed E-state index contributed by atoms with van der Waals surface area (Å²) in [5, 5.41) is 0. The summed E-state index contributed by atoms with van der Waals surface area (Å²) in [5.74, 6) is 0.231. The Morgan fingerprint density at radius 2 is 1.89 bits per heavy atom. The van der Waals surface area contributed by atoms with Crippen molar-refractivity contribution in [2.75, 3.05) is 34.2 Å². The van der Waals surface area contributed by atoms with E-state index >= 15 is 0 Å². The van der Waals surface area contributed by atoms with Crippen LogP contribution < -0.4 is 4.74 Å². The van der Waals surface area contributed by atoms with Crippen LogP contribution in [0.5, 0.6) is 5.75 Å². The quantitative estimate of drug-likeness (QED) is 0.761. The molecule has 0 radical (unpaired) electrons. The summed E-state index contributed by atoms with van der Waals surface area (Å²) in [7, 11) is 5.95. The minimum atomic E-state index is -2.80. The summed E-state index contributed by atoms with van der Waals surface area (Å²) >= 11 is 3.34. The van der Waals surface area contributed by atoms with Crippen LogP contribution in [0.25, 0.3) is 0 Å². The molecule has 0 spiro atoms. The van der Waals surface area contributed by atoms with E-state index in [0.717, 1.165) is 23.1 Å². The monoisotopic (exact) mass is 336 g/mol. The molecule has 1 aromatic rings. The number of alkyl halides is 2. The highest BCUT2D eigenvalue weighted by Crippen LogP contribution is 2.25. The molecule has 0 amide bonds. The fourth-order valence-electron chi connectivity index (χ4n) is 1.62. The summed E-state index contributed by atoms with van der Waals surface area (Å²) < 4.78 is 30.1. The molecule has 108 valence electrons. The van der Waals surface area contributed by atoms with E-state index in [9.17, 15) is 8.78 Å². The van der Waals surface area contributed by atoms with Crippen molar-refractivity contribution in [2.45, 2.75) is 13.2 Å². The molecule has 1 aromatic carbocycles. The van der Waals surface area contributed by atoms with Gasteiger partial charge in [-0.2, -0.15) is 8.78 Å². The molecule has 0 saturated carbocycles. The first-order valence-corrected chi connectivity index (χ1v) is 6.74. The van der Waals surface area contributed by atoms with E-state index in [2.05, 4.69) is 30.5 Å². The van der Waals surface area contributed by atoms with Crippen LogP contribution in [0.3, 0.4) is 0 Å². The van der Waals surface area contributed by atoms with Gasteiger partial charge in [-0.25, -0.2) is 0 Å². The molecule has 0 fully saturated rings. The molecule has 0 unspecified atom stereocenters. The number of hydrogen-bond acceptors (Lipinski definition) is 3. The number of ether oxygens (including phenoxy) is 1.